The van der Waals surface area contributed by atoms with Gasteiger partial charge in [-0.05, 0) is 35.4 Å². The lowest BCUT2D eigenvalue weighted by Gasteiger charge is -2.26. The molecule has 0 spiro atoms. The third-order valence-corrected chi connectivity index (χ3v) is 5.38. The lowest BCUT2D eigenvalue weighted by atomic mass is 9.95. The molecule has 11 heteroatoms. The highest BCUT2D eigenvalue weighted by atomic mass is 35.5. The van der Waals surface area contributed by atoms with Crippen LogP contribution in [-0.2, 0) is 6.61 Å². The number of ether oxygens (including phenoxy) is 2. The first-order valence-corrected chi connectivity index (χ1v) is 10.4. The summed E-state index contributed by atoms with van der Waals surface area (Å²) in [4.78, 5) is 8.82. The monoisotopic (exact) mass is 474 g/mol. The van der Waals surface area contributed by atoms with Crippen LogP contribution in [0.1, 0.15) is 28.3 Å². The van der Waals surface area contributed by atoms with Crippen molar-refractivity contribution in [3.63, 3.8) is 0 Å². The van der Waals surface area contributed by atoms with Gasteiger partial charge >= 0.3 is 0 Å². The minimum absolute atomic E-state index is 0.0246. The first-order valence-electron chi connectivity index (χ1n) is 9.99. The van der Waals surface area contributed by atoms with Gasteiger partial charge in [-0.2, -0.15) is 10.5 Å². The smallest absolute Gasteiger partial charge is 0.211 e. The van der Waals surface area contributed by atoms with Gasteiger partial charge in [0, 0.05) is 10.6 Å². The maximum atomic E-state index is 9.50. The second kappa shape index (κ2) is 9.45. The predicted octanol–water partition coefficient (Wildman–Crippen LogP) is 3.30. The van der Waals surface area contributed by atoms with E-state index in [2.05, 4.69) is 20.6 Å². The zero-order valence-electron chi connectivity index (χ0n) is 18.0. The largest absolute Gasteiger partial charge is 0.493 e. The summed E-state index contributed by atoms with van der Waals surface area (Å²) in [6.45, 7) is 0.256. The molecule has 1 aliphatic heterocycles. The van der Waals surface area contributed by atoms with Crippen LogP contribution in [0.15, 0.2) is 47.5 Å². The van der Waals surface area contributed by atoms with E-state index in [0.29, 0.717) is 33.5 Å². The van der Waals surface area contributed by atoms with Gasteiger partial charge in [-0.15, -0.1) is 0 Å². The minimum Gasteiger partial charge on any atom is -0.493 e. The topological polar surface area (TPSA) is 167 Å². The maximum absolute atomic E-state index is 9.50. The number of pyridine rings is 1. The second-order valence-corrected chi connectivity index (χ2v) is 7.67. The van der Waals surface area contributed by atoms with Crippen LogP contribution in [0.5, 0.6) is 11.5 Å². The minimum atomic E-state index is -0.702. The second-order valence-electron chi connectivity index (χ2n) is 7.23. The summed E-state index contributed by atoms with van der Waals surface area (Å²) in [7, 11) is 1.54. The number of fused-ring (bicyclic) bond motifs is 1. The van der Waals surface area contributed by atoms with E-state index in [4.69, 9.17) is 37.8 Å². The van der Waals surface area contributed by atoms with Gasteiger partial charge in [0.25, 0.3) is 0 Å². The van der Waals surface area contributed by atoms with Crippen LogP contribution in [0.25, 0.3) is 0 Å². The Morgan fingerprint density at radius 3 is 2.71 bits per heavy atom. The van der Waals surface area contributed by atoms with Gasteiger partial charge in [-0.3, -0.25) is 5.32 Å². The number of benzene rings is 2. The molecule has 2 heterocycles. The summed E-state index contributed by atoms with van der Waals surface area (Å²) in [5, 5.41) is 24.5. The van der Waals surface area contributed by atoms with Crippen LogP contribution >= 0.6 is 11.6 Å². The van der Waals surface area contributed by atoms with Gasteiger partial charge in [-0.1, -0.05) is 29.8 Å². The fourth-order valence-electron chi connectivity index (χ4n) is 3.59. The molecule has 0 saturated carbocycles. The lowest BCUT2D eigenvalue weighted by Crippen LogP contribution is -2.32. The van der Waals surface area contributed by atoms with E-state index >= 15 is 0 Å². The standard InChI is InChI=1S/C23H19ClN8O2/c1-33-16-6-5-13(8-17(16)34-10-12-3-2-4-14(24)7-12)20-18-19(27)15(9-25)21(28)31-22(18)32-23(30-20)29-11-26/h2-8,20H,10H2,1H3,(H6,27,28,29,30,31,32). The van der Waals surface area contributed by atoms with Crippen LogP contribution in [-0.4, -0.2) is 18.1 Å². The van der Waals surface area contributed by atoms with E-state index in [1.165, 1.54) is 7.11 Å². The molecule has 10 nitrogen and oxygen atoms in total. The molecule has 1 unspecified atom stereocenters. The molecule has 2 aromatic carbocycles. The normalized spacial score (nSPS) is 14.0. The highest BCUT2D eigenvalue weighted by molar-refractivity contribution is 6.30. The summed E-state index contributed by atoms with van der Waals surface area (Å²) in [5.74, 6) is 1.41. The van der Waals surface area contributed by atoms with E-state index in [-0.39, 0.29) is 29.6 Å². The number of nitriles is 2. The Morgan fingerprint density at radius 1 is 1.18 bits per heavy atom. The quantitative estimate of drug-likeness (QED) is 0.320. The number of hydrogen-bond acceptors (Lipinski definition) is 10. The Hall–Kier alpha value is -4.67. The van der Waals surface area contributed by atoms with Crippen LogP contribution in [0.2, 0.25) is 5.02 Å². The Labute approximate surface area is 200 Å². The van der Waals surface area contributed by atoms with Crippen LogP contribution in [0.4, 0.5) is 17.3 Å². The van der Waals surface area contributed by atoms with E-state index in [0.717, 1.165) is 5.56 Å². The number of halogens is 1. The van der Waals surface area contributed by atoms with Crippen LogP contribution in [0.3, 0.4) is 0 Å². The number of anilines is 3. The first kappa shape index (κ1) is 22.5. The molecule has 34 heavy (non-hydrogen) atoms. The molecule has 1 aromatic heterocycles. The van der Waals surface area contributed by atoms with Crippen LogP contribution in [0, 0.1) is 22.8 Å². The molecular formula is C23H19ClN8O2. The molecule has 0 amide bonds. The number of guanidine groups is 1. The van der Waals surface area contributed by atoms with Gasteiger partial charge in [0.2, 0.25) is 5.96 Å². The molecule has 6 N–H and O–H groups in total. The van der Waals surface area contributed by atoms with Crippen molar-refractivity contribution in [3.8, 4) is 23.8 Å². The molecule has 0 radical (unpaired) electrons. The molecule has 0 fully saturated rings. The Morgan fingerprint density at radius 2 is 2.00 bits per heavy atom. The van der Waals surface area contributed by atoms with Gasteiger partial charge in [0.1, 0.15) is 35.9 Å². The van der Waals surface area contributed by atoms with Gasteiger partial charge in [-0.25, -0.2) is 9.98 Å². The SMILES string of the molecule is COc1ccc(C2N=C(NC#N)Nc3nc(N)c(C#N)c(N)c32)cc1OCc1cccc(Cl)c1. The Kier molecular flexibility index (Phi) is 6.26. The third-order valence-electron chi connectivity index (χ3n) is 5.14. The maximum Gasteiger partial charge on any atom is 0.211 e. The van der Waals surface area contributed by atoms with E-state index in [9.17, 15) is 5.26 Å². The highest BCUT2D eigenvalue weighted by Crippen LogP contribution is 2.42. The van der Waals surface area contributed by atoms with E-state index in [1.807, 2.05) is 30.5 Å². The van der Waals surface area contributed by atoms with E-state index < -0.39 is 6.04 Å². The Balaban J connectivity index is 1.78. The molecule has 1 atom stereocenters. The number of rotatable bonds is 5. The zero-order valence-corrected chi connectivity index (χ0v) is 18.7. The number of nitrogens with zero attached hydrogens (tertiary/aromatic N) is 4. The van der Waals surface area contributed by atoms with Crippen molar-refractivity contribution in [2.24, 2.45) is 4.99 Å². The fraction of sp³-hybridized carbons (Fsp3) is 0.130. The average molecular weight is 475 g/mol. The Bertz CT molecular complexity index is 1380. The number of nitrogens with two attached hydrogens (primary N) is 2. The summed E-state index contributed by atoms with van der Waals surface area (Å²) in [5.41, 5.74) is 14.4. The summed E-state index contributed by atoms with van der Waals surface area (Å²) in [6.07, 6.45) is 1.82. The van der Waals surface area contributed by atoms with Gasteiger partial charge in [0.05, 0.1) is 12.8 Å². The summed E-state index contributed by atoms with van der Waals surface area (Å²) >= 11 is 6.07. The highest BCUT2D eigenvalue weighted by Gasteiger charge is 2.30. The molecular weight excluding hydrogens is 456 g/mol. The molecule has 0 aliphatic carbocycles. The summed E-state index contributed by atoms with van der Waals surface area (Å²) < 4.78 is 11.5. The van der Waals surface area contributed by atoms with Crippen LogP contribution < -0.4 is 31.6 Å². The van der Waals surface area contributed by atoms with Crippen molar-refractivity contribution in [2.75, 3.05) is 23.9 Å². The number of methoxy groups -OCH3 is 1. The van der Waals surface area contributed by atoms with Crippen molar-refractivity contribution in [2.45, 2.75) is 12.6 Å². The predicted molar refractivity (Wildman–Crippen MR) is 128 cm³/mol. The zero-order chi connectivity index (χ0) is 24.2. The fourth-order valence-corrected chi connectivity index (χ4v) is 3.80. The van der Waals surface area contributed by atoms with Crippen molar-refractivity contribution in [1.29, 1.82) is 10.5 Å². The molecule has 170 valence electrons. The third kappa shape index (κ3) is 4.31. The summed E-state index contributed by atoms with van der Waals surface area (Å²) in [6, 6.07) is 13.9. The number of hydrogen-bond donors (Lipinski definition) is 4. The van der Waals surface area contributed by atoms with Crippen molar-refractivity contribution >= 4 is 34.9 Å². The van der Waals surface area contributed by atoms with Gasteiger partial charge < -0.3 is 26.3 Å². The number of aromatic nitrogens is 1. The first-order chi connectivity index (χ1) is 16.4. The van der Waals surface area contributed by atoms with Crippen molar-refractivity contribution in [3.05, 3.63) is 69.7 Å². The van der Waals surface area contributed by atoms with Crippen molar-refractivity contribution < 1.29 is 9.47 Å². The van der Waals surface area contributed by atoms with Gasteiger partial charge in [0.15, 0.2) is 17.7 Å². The number of nitrogens with one attached hydrogen (secondary N) is 2. The molecule has 0 bridgehead atoms. The molecule has 0 saturated heterocycles. The molecule has 4 rings (SSSR count). The lowest BCUT2D eigenvalue weighted by molar-refractivity contribution is 0.284. The van der Waals surface area contributed by atoms with Crippen molar-refractivity contribution in [1.82, 2.24) is 10.3 Å². The molecule has 1 aliphatic rings. The number of nitrogen functional groups attached to an aromatic ring is 2. The number of aliphatic imine (C=N–C) groups is 1. The average Bonchev–Trinajstić information content (AvgIpc) is 2.82. The van der Waals surface area contributed by atoms with E-state index in [1.54, 1.807) is 24.3 Å². The molecule has 3 aromatic rings.